The highest BCUT2D eigenvalue weighted by atomic mass is 28.1. The van der Waals surface area contributed by atoms with Crippen LogP contribution < -0.4 is 0 Å². The predicted molar refractivity (Wildman–Crippen MR) is 89.4 cm³/mol. The van der Waals surface area contributed by atoms with Crippen molar-refractivity contribution >= 4 is 10.2 Å². The van der Waals surface area contributed by atoms with E-state index in [4.69, 9.17) is 0 Å². The molecular weight excluding hydrogens is 232 g/mol. The van der Waals surface area contributed by atoms with Crippen molar-refractivity contribution in [3.8, 4) is 0 Å². The maximum atomic E-state index is 2.41. The number of hydrogen-bond donors (Lipinski definition) is 0. The van der Waals surface area contributed by atoms with Gasteiger partial charge < -0.3 is 0 Å². The Morgan fingerprint density at radius 1 is 0.833 bits per heavy atom. The van der Waals surface area contributed by atoms with Crippen molar-refractivity contribution in [2.75, 3.05) is 0 Å². The third-order valence-corrected chi connectivity index (χ3v) is 5.76. The molecule has 0 aromatic heterocycles. The highest BCUT2D eigenvalue weighted by Gasteiger charge is 2.34. The van der Waals surface area contributed by atoms with Gasteiger partial charge in [-0.2, -0.15) is 0 Å². The van der Waals surface area contributed by atoms with Crippen LogP contribution in [0.5, 0.6) is 0 Å². The van der Waals surface area contributed by atoms with Crippen LogP contribution in [0.3, 0.4) is 0 Å². The Hall–Kier alpha value is 0.217. The normalized spacial score (nSPS) is 15.0. The third kappa shape index (κ3) is 6.97. The standard InChI is InChI=1S/C17H38Si/c1-8-9-16(10-13(2)3)17(18,11-14(4)5)12-15(6)7/h13-16H,8-12H2,1-7,18H3. The minimum Gasteiger partial charge on any atom is -0.0654 e. The van der Waals surface area contributed by atoms with Gasteiger partial charge in [0.25, 0.3) is 0 Å². The average molecular weight is 271 g/mol. The molecule has 0 amide bonds. The van der Waals surface area contributed by atoms with Crippen molar-refractivity contribution in [2.24, 2.45) is 23.7 Å². The molecule has 0 aliphatic rings. The smallest absolute Gasteiger partial charge is 0.0110 e. The van der Waals surface area contributed by atoms with Crippen molar-refractivity contribution in [3.63, 3.8) is 0 Å². The van der Waals surface area contributed by atoms with Gasteiger partial charge in [0.15, 0.2) is 0 Å². The second-order valence-corrected chi connectivity index (χ2v) is 9.96. The SMILES string of the molecule is CCCC(CC(C)C)C([SiH3])(CC(C)C)CC(C)C. The predicted octanol–water partition coefficient (Wildman–Crippen LogP) is 5.07. The van der Waals surface area contributed by atoms with E-state index >= 15 is 0 Å². The first-order chi connectivity index (χ1) is 8.21. The Bertz CT molecular complexity index is 196. The molecule has 0 spiro atoms. The first-order valence-electron chi connectivity index (χ1n) is 8.21. The molecule has 0 fully saturated rings. The third-order valence-electron chi connectivity index (χ3n) is 4.13. The van der Waals surface area contributed by atoms with Gasteiger partial charge in [-0.15, -0.1) is 0 Å². The lowest BCUT2D eigenvalue weighted by Crippen LogP contribution is -2.29. The fourth-order valence-electron chi connectivity index (χ4n) is 3.95. The zero-order valence-electron chi connectivity index (χ0n) is 14.3. The summed E-state index contributed by atoms with van der Waals surface area (Å²) in [5, 5.41) is 0.683. The first kappa shape index (κ1) is 18.2. The van der Waals surface area contributed by atoms with Gasteiger partial charge in [0, 0.05) is 10.2 Å². The summed E-state index contributed by atoms with van der Waals surface area (Å²) in [7, 11) is 1.37. The van der Waals surface area contributed by atoms with E-state index in [9.17, 15) is 0 Å². The van der Waals surface area contributed by atoms with Gasteiger partial charge in [0.2, 0.25) is 0 Å². The van der Waals surface area contributed by atoms with Crippen LogP contribution in [0.15, 0.2) is 0 Å². The molecule has 0 N–H and O–H groups in total. The topological polar surface area (TPSA) is 0 Å². The summed E-state index contributed by atoms with van der Waals surface area (Å²) in [6.07, 6.45) is 7.15. The molecule has 0 saturated carbocycles. The molecule has 0 nitrogen and oxygen atoms in total. The van der Waals surface area contributed by atoms with Crippen LogP contribution in [-0.4, -0.2) is 10.2 Å². The van der Waals surface area contributed by atoms with E-state index in [0.29, 0.717) is 5.04 Å². The fraction of sp³-hybridized carbons (Fsp3) is 1.00. The molecule has 1 atom stereocenters. The summed E-state index contributed by atoms with van der Waals surface area (Å²) in [6.45, 7) is 16.8. The van der Waals surface area contributed by atoms with Crippen LogP contribution >= 0.6 is 0 Å². The van der Waals surface area contributed by atoms with E-state index in [1.165, 1.54) is 42.3 Å². The minimum absolute atomic E-state index is 0.683. The van der Waals surface area contributed by atoms with Crippen LogP contribution in [0.1, 0.15) is 80.6 Å². The molecule has 1 unspecified atom stereocenters. The van der Waals surface area contributed by atoms with E-state index in [0.717, 1.165) is 23.7 Å². The zero-order chi connectivity index (χ0) is 14.3. The van der Waals surface area contributed by atoms with Gasteiger partial charge in [0.05, 0.1) is 0 Å². The van der Waals surface area contributed by atoms with E-state index in [1.54, 1.807) is 0 Å². The summed E-state index contributed by atoms with van der Waals surface area (Å²) in [4.78, 5) is 0. The van der Waals surface area contributed by atoms with Gasteiger partial charge in [-0.1, -0.05) is 61.3 Å². The Morgan fingerprint density at radius 3 is 1.56 bits per heavy atom. The van der Waals surface area contributed by atoms with Gasteiger partial charge in [-0.05, 0) is 48.0 Å². The van der Waals surface area contributed by atoms with Crippen LogP contribution in [-0.2, 0) is 0 Å². The van der Waals surface area contributed by atoms with Crippen molar-refractivity contribution in [3.05, 3.63) is 0 Å². The minimum atomic E-state index is 0.683. The van der Waals surface area contributed by atoms with E-state index in [2.05, 4.69) is 48.5 Å². The lowest BCUT2D eigenvalue weighted by Gasteiger charge is -2.42. The first-order valence-corrected chi connectivity index (χ1v) is 9.21. The van der Waals surface area contributed by atoms with Gasteiger partial charge in [-0.3, -0.25) is 0 Å². The highest BCUT2D eigenvalue weighted by Crippen LogP contribution is 2.49. The second-order valence-electron chi connectivity index (χ2n) is 7.97. The maximum Gasteiger partial charge on any atom is 0.0110 e. The fourth-order valence-corrected chi connectivity index (χ4v) is 6.11. The van der Waals surface area contributed by atoms with Gasteiger partial charge in [0.1, 0.15) is 0 Å². The Balaban J connectivity index is 4.94. The molecule has 0 aliphatic carbocycles. The molecule has 0 rings (SSSR count). The lowest BCUT2D eigenvalue weighted by atomic mass is 9.73. The number of rotatable bonds is 9. The summed E-state index contributed by atoms with van der Waals surface area (Å²) in [5.74, 6) is 3.54. The van der Waals surface area contributed by atoms with E-state index in [1.807, 2.05) is 0 Å². The molecule has 18 heavy (non-hydrogen) atoms. The monoisotopic (exact) mass is 270 g/mol. The van der Waals surface area contributed by atoms with Crippen molar-refractivity contribution in [1.29, 1.82) is 0 Å². The summed E-state index contributed by atoms with van der Waals surface area (Å²) >= 11 is 0. The molecular formula is C17H38Si. The molecule has 0 heterocycles. The molecule has 0 aromatic rings. The Labute approximate surface area is 120 Å². The van der Waals surface area contributed by atoms with Crippen molar-refractivity contribution in [1.82, 2.24) is 0 Å². The van der Waals surface area contributed by atoms with Crippen molar-refractivity contribution in [2.45, 2.75) is 85.6 Å². The van der Waals surface area contributed by atoms with Gasteiger partial charge in [-0.25, -0.2) is 0 Å². The Kier molecular flexibility index (Phi) is 8.50. The molecule has 0 radical (unpaired) electrons. The second kappa shape index (κ2) is 8.40. The Morgan fingerprint density at radius 2 is 1.28 bits per heavy atom. The molecule has 0 aliphatic heterocycles. The van der Waals surface area contributed by atoms with Crippen LogP contribution in [0.25, 0.3) is 0 Å². The molecule has 0 saturated heterocycles. The molecule has 0 aromatic carbocycles. The van der Waals surface area contributed by atoms with Crippen molar-refractivity contribution < 1.29 is 0 Å². The summed E-state index contributed by atoms with van der Waals surface area (Å²) in [6, 6.07) is 0. The summed E-state index contributed by atoms with van der Waals surface area (Å²) in [5.41, 5.74) is 0. The zero-order valence-corrected chi connectivity index (χ0v) is 16.3. The van der Waals surface area contributed by atoms with E-state index in [-0.39, 0.29) is 0 Å². The maximum absolute atomic E-state index is 2.41. The lowest BCUT2D eigenvalue weighted by molar-refractivity contribution is 0.216. The molecule has 0 bridgehead atoms. The summed E-state index contributed by atoms with van der Waals surface area (Å²) < 4.78 is 0. The number of hydrogen-bond acceptors (Lipinski definition) is 0. The quantitative estimate of drug-likeness (QED) is 0.513. The average Bonchev–Trinajstić information content (AvgIpc) is 2.13. The molecule has 1 heteroatoms. The van der Waals surface area contributed by atoms with Crippen LogP contribution in [0.2, 0.25) is 5.04 Å². The van der Waals surface area contributed by atoms with E-state index < -0.39 is 0 Å². The highest BCUT2D eigenvalue weighted by molar-refractivity contribution is 6.15. The van der Waals surface area contributed by atoms with Crippen LogP contribution in [0.4, 0.5) is 0 Å². The van der Waals surface area contributed by atoms with Crippen LogP contribution in [0, 0.1) is 23.7 Å². The molecule has 110 valence electrons. The largest absolute Gasteiger partial charge is 0.0654 e. The van der Waals surface area contributed by atoms with Gasteiger partial charge >= 0.3 is 0 Å².